The number of hydrogen-bond donors (Lipinski definition) is 4. The molecule has 1 aromatic heterocycles. The SMILES string of the molecule is Nc1ccccc1NC(=O)c1coc(CCCN2CCC(CNC3CC3c3ccccc3)CC2)n1.O=C(O)C(F)(F)F. The van der Waals surface area contributed by atoms with E-state index in [0.717, 1.165) is 44.9 Å². The van der Waals surface area contributed by atoms with Gasteiger partial charge in [0.25, 0.3) is 5.91 Å². The molecule has 1 amide bonds. The molecule has 1 aliphatic heterocycles. The Labute approximate surface area is 242 Å². The molecule has 0 bridgehead atoms. The van der Waals surface area contributed by atoms with Crippen LogP contribution in [0.15, 0.2) is 65.3 Å². The van der Waals surface area contributed by atoms with E-state index in [4.69, 9.17) is 20.1 Å². The van der Waals surface area contributed by atoms with Gasteiger partial charge in [0.05, 0.1) is 11.4 Å². The van der Waals surface area contributed by atoms with Gasteiger partial charge < -0.3 is 30.8 Å². The number of carboxylic acid groups (broad SMARTS) is 1. The van der Waals surface area contributed by atoms with E-state index in [0.29, 0.717) is 29.2 Å². The molecule has 2 atom stereocenters. The summed E-state index contributed by atoms with van der Waals surface area (Å²) in [5.41, 5.74) is 8.74. The minimum Gasteiger partial charge on any atom is -0.475 e. The van der Waals surface area contributed by atoms with Gasteiger partial charge in [-0.3, -0.25) is 4.79 Å². The van der Waals surface area contributed by atoms with Gasteiger partial charge in [0.2, 0.25) is 0 Å². The van der Waals surface area contributed by atoms with E-state index in [-0.39, 0.29) is 11.6 Å². The zero-order chi connectivity index (χ0) is 30.1. The number of benzene rings is 2. The number of piperidine rings is 1. The number of anilines is 2. The quantitative estimate of drug-likeness (QED) is 0.245. The number of para-hydroxylation sites is 2. The monoisotopic (exact) mass is 587 g/mol. The number of carbonyl (C=O) groups excluding carboxylic acids is 1. The van der Waals surface area contributed by atoms with E-state index in [9.17, 15) is 18.0 Å². The third-order valence-corrected chi connectivity index (χ3v) is 7.49. The minimum absolute atomic E-state index is 0.279. The van der Waals surface area contributed by atoms with Crippen LogP contribution < -0.4 is 16.4 Å². The topological polar surface area (TPSA) is 134 Å². The first kappa shape index (κ1) is 31.0. The van der Waals surface area contributed by atoms with Gasteiger partial charge in [-0.15, -0.1) is 0 Å². The maximum Gasteiger partial charge on any atom is 0.490 e. The molecule has 2 aliphatic rings. The molecule has 3 aromatic rings. The number of amides is 1. The first-order valence-corrected chi connectivity index (χ1v) is 14.0. The number of nitrogens with one attached hydrogen (secondary N) is 2. The van der Waals surface area contributed by atoms with Gasteiger partial charge in [0, 0.05) is 18.4 Å². The Morgan fingerprint density at radius 1 is 1.07 bits per heavy atom. The van der Waals surface area contributed by atoms with Crippen LogP contribution in [0.4, 0.5) is 24.5 Å². The number of nitrogen functional groups attached to an aromatic ring is 1. The molecule has 2 fully saturated rings. The van der Waals surface area contributed by atoms with Crippen LogP contribution in [0.1, 0.15) is 53.5 Å². The fraction of sp³-hybridized carbons (Fsp3) is 0.433. The third-order valence-electron chi connectivity index (χ3n) is 7.49. The number of nitrogens with two attached hydrogens (primary N) is 1. The molecule has 2 heterocycles. The largest absolute Gasteiger partial charge is 0.490 e. The molecule has 226 valence electrons. The van der Waals surface area contributed by atoms with E-state index in [1.807, 2.05) is 12.1 Å². The Morgan fingerprint density at radius 3 is 2.40 bits per heavy atom. The molecule has 9 nitrogen and oxygen atoms in total. The second-order valence-electron chi connectivity index (χ2n) is 10.6. The molecule has 1 saturated heterocycles. The summed E-state index contributed by atoms with van der Waals surface area (Å²) in [6.45, 7) is 4.47. The van der Waals surface area contributed by atoms with Crippen molar-refractivity contribution in [3.05, 3.63) is 78.0 Å². The molecule has 5 rings (SSSR count). The summed E-state index contributed by atoms with van der Waals surface area (Å²) in [6.07, 6.45) is 1.81. The van der Waals surface area contributed by atoms with Gasteiger partial charge in [-0.05, 0) is 75.5 Å². The van der Waals surface area contributed by atoms with Crippen LogP contribution in [0.3, 0.4) is 0 Å². The van der Waals surface area contributed by atoms with Crippen LogP contribution in [0.2, 0.25) is 0 Å². The number of aromatic nitrogens is 1. The first-order chi connectivity index (χ1) is 20.1. The average Bonchev–Trinajstić information content (AvgIpc) is 3.60. The number of carbonyl (C=O) groups is 2. The summed E-state index contributed by atoms with van der Waals surface area (Å²) in [7, 11) is 0. The lowest BCUT2D eigenvalue weighted by molar-refractivity contribution is -0.192. The zero-order valence-corrected chi connectivity index (χ0v) is 23.1. The van der Waals surface area contributed by atoms with Crippen molar-refractivity contribution in [2.24, 2.45) is 5.92 Å². The third kappa shape index (κ3) is 9.31. The molecular weight excluding hydrogens is 551 g/mol. The number of aryl methyl sites for hydroxylation is 1. The average molecular weight is 588 g/mol. The van der Waals surface area contributed by atoms with E-state index in [1.54, 1.807) is 12.1 Å². The summed E-state index contributed by atoms with van der Waals surface area (Å²) in [5.74, 6) is -0.987. The lowest BCUT2D eigenvalue weighted by atomic mass is 9.96. The maximum atomic E-state index is 12.4. The van der Waals surface area contributed by atoms with Crippen LogP contribution >= 0.6 is 0 Å². The van der Waals surface area contributed by atoms with Crippen LogP contribution in [0.5, 0.6) is 0 Å². The predicted octanol–water partition coefficient (Wildman–Crippen LogP) is 4.93. The number of alkyl halides is 3. The van der Waals surface area contributed by atoms with Gasteiger partial charge in [0.1, 0.15) is 6.26 Å². The normalized spacial score (nSPS) is 19.0. The van der Waals surface area contributed by atoms with Crippen LogP contribution in [0, 0.1) is 5.92 Å². The number of nitrogens with zero attached hydrogens (tertiary/aromatic N) is 2. The Kier molecular flexibility index (Phi) is 10.6. The fourth-order valence-electron chi connectivity index (χ4n) is 5.00. The predicted molar refractivity (Wildman–Crippen MR) is 152 cm³/mol. The fourth-order valence-corrected chi connectivity index (χ4v) is 5.00. The highest BCUT2D eigenvalue weighted by atomic mass is 19.4. The van der Waals surface area contributed by atoms with Crippen molar-refractivity contribution in [3.63, 3.8) is 0 Å². The smallest absolute Gasteiger partial charge is 0.475 e. The molecule has 42 heavy (non-hydrogen) atoms. The summed E-state index contributed by atoms with van der Waals surface area (Å²) >= 11 is 0. The number of likely N-dealkylation sites (tertiary alicyclic amines) is 1. The van der Waals surface area contributed by atoms with E-state index < -0.39 is 12.1 Å². The van der Waals surface area contributed by atoms with Crippen molar-refractivity contribution in [2.45, 2.75) is 50.2 Å². The maximum absolute atomic E-state index is 12.4. The van der Waals surface area contributed by atoms with Crippen molar-refractivity contribution >= 4 is 23.3 Å². The summed E-state index contributed by atoms with van der Waals surface area (Å²) in [6, 6.07) is 18.7. The molecular formula is C30H36F3N5O4. The molecule has 2 aromatic carbocycles. The number of rotatable bonds is 10. The zero-order valence-electron chi connectivity index (χ0n) is 23.1. The number of oxazole rings is 1. The van der Waals surface area contributed by atoms with Crippen LogP contribution in [0.25, 0.3) is 0 Å². The second-order valence-corrected chi connectivity index (χ2v) is 10.6. The highest BCUT2D eigenvalue weighted by Crippen LogP contribution is 2.40. The molecule has 1 aliphatic carbocycles. The van der Waals surface area contributed by atoms with Crippen molar-refractivity contribution in [1.82, 2.24) is 15.2 Å². The van der Waals surface area contributed by atoms with Crippen molar-refractivity contribution < 1.29 is 32.3 Å². The van der Waals surface area contributed by atoms with Gasteiger partial charge in [-0.25, -0.2) is 9.78 Å². The number of carboxylic acids is 1. The first-order valence-electron chi connectivity index (χ1n) is 14.0. The van der Waals surface area contributed by atoms with Gasteiger partial charge >= 0.3 is 12.1 Å². The Hall–Kier alpha value is -3.90. The van der Waals surface area contributed by atoms with E-state index in [1.165, 1.54) is 31.1 Å². The second kappa shape index (κ2) is 14.3. The van der Waals surface area contributed by atoms with Crippen molar-refractivity contribution in [2.75, 3.05) is 37.2 Å². The van der Waals surface area contributed by atoms with Crippen molar-refractivity contribution in [1.29, 1.82) is 0 Å². The van der Waals surface area contributed by atoms with Gasteiger partial charge in [-0.1, -0.05) is 42.5 Å². The molecule has 1 saturated carbocycles. The summed E-state index contributed by atoms with van der Waals surface area (Å²) in [5, 5.41) is 13.7. The Bertz CT molecular complexity index is 1310. The number of aliphatic carboxylic acids is 1. The standard InChI is InChI=1S/C28H35N5O2.C2HF3O2/c29-23-9-4-5-10-24(23)32-28(34)26-19-35-27(31-26)11-6-14-33-15-12-20(13-16-33)18-30-25-17-22(25)21-7-2-1-3-8-21;3-2(4,5)1(6)7/h1-5,7-10,19-20,22,25,30H,6,11-18,29H2,(H,32,34);(H,6,7). The summed E-state index contributed by atoms with van der Waals surface area (Å²) < 4.78 is 37.3. The van der Waals surface area contributed by atoms with Crippen LogP contribution in [-0.2, 0) is 11.2 Å². The van der Waals surface area contributed by atoms with Gasteiger partial charge in [-0.2, -0.15) is 13.2 Å². The Morgan fingerprint density at radius 2 is 1.74 bits per heavy atom. The summed E-state index contributed by atoms with van der Waals surface area (Å²) in [4.78, 5) is 28.2. The molecule has 12 heteroatoms. The number of hydrogen-bond acceptors (Lipinski definition) is 7. The minimum atomic E-state index is -5.08. The van der Waals surface area contributed by atoms with Crippen molar-refractivity contribution in [3.8, 4) is 0 Å². The van der Waals surface area contributed by atoms with E-state index >= 15 is 0 Å². The molecule has 0 spiro atoms. The van der Waals surface area contributed by atoms with E-state index in [2.05, 4.69) is 50.8 Å². The lowest BCUT2D eigenvalue weighted by Crippen LogP contribution is -2.38. The molecule has 2 unspecified atom stereocenters. The highest BCUT2D eigenvalue weighted by Gasteiger charge is 2.39. The molecule has 5 N–H and O–H groups in total. The van der Waals surface area contributed by atoms with Gasteiger partial charge in [0.15, 0.2) is 11.6 Å². The lowest BCUT2D eigenvalue weighted by Gasteiger charge is -2.32. The highest BCUT2D eigenvalue weighted by molar-refractivity contribution is 6.04. The Balaban J connectivity index is 0.000000517. The van der Waals surface area contributed by atoms with Crippen LogP contribution in [-0.4, -0.2) is 65.3 Å². The molecule has 0 radical (unpaired) electrons. The number of halogens is 3.